The highest BCUT2D eigenvalue weighted by atomic mass is 31.1. The molecule has 0 aliphatic rings. The van der Waals surface area contributed by atoms with Gasteiger partial charge in [-0.1, -0.05) is 0 Å². The molecule has 6 N–H and O–H groups in total. The second-order valence-corrected chi connectivity index (χ2v) is 2.03. The molecule has 2 atom stereocenters. The maximum Gasteiger partial charge on any atom is 0.253 e. The average molecular weight is 162 g/mol. The fourth-order valence-corrected chi connectivity index (χ4v) is 0. The average Bonchev–Trinajstić information content (AvgIpc) is 1.25. The van der Waals surface area contributed by atoms with Gasteiger partial charge in [0.25, 0.3) is 16.4 Å². The van der Waals surface area contributed by atoms with Gasteiger partial charge in [-0.15, -0.1) is 0 Å². The molecule has 0 aromatic carbocycles. The highest BCUT2D eigenvalue weighted by Gasteiger charge is 1.59. The molecule has 0 aliphatic heterocycles. The predicted octanol–water partition coefficient (Wildman–Crippen LogP) is -1.35. The Bertz CT molecular complexity index is 70.0. The molecule has 0 aliphatic carbocycles. The molecule has 0 spiro atoms. The first-order chi connectivity index (χ1) is 3.46. The molecule has 6 nitrogen and oxygen atoms in total. The minimum Gasteiger partial charge on any atom is -0.336 e. The molecule has 0 rings (SSSR count). The lowest BCUT2D eigenvalue weighted by atomic mass is 13.9. The van der Waals surface area contributed by atoms with Crippen LogP contribution in [-0.4, -0.2) is 9.79 Å². The Morgan fingerprint density at radius 1 is 1.00 bits per heavy atom. The number of hydrogen-bond donors (Lipinski definition) is 4. The van der Waals surface area contributed by atoms with Crippen molar-refractivity contribution in [2.45, 2.75) is 0 Å². The Morgan fingerprint density at radius 2 is 1.00 bits per heavy atom. The largest absolute Gasteiger partial charge is 0.336 e. The van der Waals surface area contributed by atoms with Crippen LogP contribution in [0.15, 0.2) is 0 Å². The molecule has 52 valence electrons. The summed E-state index contributed by atoms with van der Waals surface area (Å²) in [6.45, 7) is 0. The van der Waals surface area contributed by atoms with Crippen LogP contribution in [0.25, 0.3) is 0 Å². The zero-order valence-electron chi connectivity index (χ0n) is 3.87. The number of rotatable bonds is 0. The first-order valence-electron chi connectivity index (χ1n) is 1.43. The minimum absolute atomic E-state index is 2.63. The maximum absolute atomic E-state index is 8.96. The summed E-state index contributed by atoms with van der Waals surface area (Å²) in [4.78, 5) is 14.8. The predicted molar refractivity (Wildman–Crippen MR) is 30.8 cm³/mol. The summed E-state index contributed by atoms with van der Waals surface area (Å²) in [5, 5.41) is 0. The number of nitrogens with two attached hydrogens (primary N) is 2. The van der Waals surface area contributed by atoms with E-state index in [-0.39, 0.29) is 0 Å². The zero-order valence-corrected chi connectivity index (χ0v) is 5.87. The molecule has 8 heteroatoms. The van der Waals surface area contributed by atoms with Crippen LogP contribution in [0.2, 0.25) is 0 Å². The summed E-state index contributed by atoms with van der Waals surface area (Å²) in [5.41, 5.74) is 8.43. The van der Waals surface area contributed by atoms with Crippen molar-refractivity contribution in [3.63, 3.8) is 0 Å². The first kappa shape index (κ1) is 11.1. The van der Waals surface area contributed by atoms with E-state index >= 15 is 0 Å². The Labute approximate surface area is 47.3 Å². The van der Waals surface area contributed by atoms with Crippen LogP contribution in [0.1, 0.15) is 0 Å². The molecule has 0 saturated carbocycles. The van der Waals surface area contributed by atoms with E-state index in [1.165, 1.54) is 0 Å². The van der Waals surface area contributed by atoms with Crippen LogP contribution in [0, 0.1) is 0 Å². The second kappa shape index (κ2) is 7.30. The van der Waals surface area contributed by atoms with Gasteiger partial charge < -0.3 is 9.79 Å². The lowest BCUT2D eigenvalue weighted by Gasteiger charge is -1.63. The second-order valence-electron chi connectivity index (χ2n) is 0.676. The summed E-state index contributed by atoms with van der Waals surface area (Å²) >= 11 is 0. The lowest BCUT2D eigenvalue weighted by Crippen LogP contribution is -1.68. The summed E-state index contributed by atoms with van der Waals surface area (Å²) < 4.78 is 17.9. The van der Waals surface area contributed by atoms with Gasteiger partial charge in [0.05, 0.1) is 0 Å². The topological polar surface area (TPSA) is 127 Å². The molecular formula is H8N2O4P2. The maximum atomic E-state index is 8.96. The van der Waals surface area contributed by atoms with Gasteiger partial charge in [0.15, 0.2) is 0 Å². The van der Waals surface area contributed by atoms with Crippen molar-refractivity contribution in [2.75, 3.05) is 0 Å². The van der Waals surface area contributed by atoms with Crippen molar-refractivity contribution in [1.82, 2.24) is 0 Å². The summed E-state index contributed by atoms with van der Waals surface area (Å²) in [7, 11) is -5.26. The van der Waals surface area contributed by atoms with E-state index in [1.807, 2.05) is 0 Å². The quantitative estimate of drug-likeness (QED) is 0.326. The fraction of sp³-hybridized carbons (Fsp3) is 0. The molecule has 0 fully saturated rings. The Morgan fingerprint density at radius 3 is 1.00 bits per heavy atom. The van der Waals surface area contributed by atoms with Crippen LogP contribution in [0.3, 0.4) is 0 Å². The van der Waals surface area contributed by atoms with Crippen molar-refractivity contribution in [3.8, 4) is 0 Å². The Hall–Kier alpha value is 0.300. The van der Waals surface area contributed by atoms with E-state index in [1.54, 1.807) is 0 Å². The van der Waals surface area contributed by atoms with E-state index in [0.29, 0.717) is 0 Å². The Balaban J connectivity index is 0. The molecule has 0 bridgehead atoms. The monoisotopic (exact) mass is 162 g/mol. The van der Waals surface area contributed by atoms with Crippen LogP contribution in [0.5, 0.6) is 0 Å². The van der Waals surface area contributed by atoms with Gasteiger partial charge in [0, 0.05) is 0 Å². The lowest BCUT2D eigenvalue weighted by molar-refractivity contribution is 0.503. The molecule has 0 aromatic rings. The standard InChI is InChI=1S/2H4NO2P/c2*1-4(2)3/h2*4H,(H3,1,2,3). The SMILES string of the molecule is N[PH](=O)O.N[PH](=O)O. The summed E-state index contributed by atoms with van der Waals surface area (Å²) in [6, 6.07) is 0. The van der Waals surface area contributed by atoms with Crippen molar-refractivity contribution in [1.29, 1.82) is 0 Å². The highest BCUT2D eigenvalue weighted by molar-refractivity contribution is 7.35. The van der Waals surface area contributed by atoms with Gasteiger partial charge >= 0.3 is 0 Å². The highest BCUT2D eigenvalue weighted by Crippen LogP contribution is 1.91. The van der Waals surface area contributed by atoms with Gasteiger partial charge in [-0.25, -0.2) is 0 Å². The van der Waals surface area contributed by atoms with E-state index in [9.17, 15) is 0 Å². The van der Waals surface area contributed by atoms with E-state index < -0.39 is 16.4 Å². The van der Waals surface area contributed by atoms with Crippen molar-refractivity contribution in [3.05, 3.63) is 0 Å². The molecule has 0 saturated heterocycles. The molecule has 8 heavy (non-hydrogen) atoms. The third kappa shape index (κ3) is 1970. The van der Waals surface area contributed by atoms with Crippen LogP contribution in [0.4, 0.5) is 0 Å². The van der Waals surface area contributed by atoms with Crippen molar-refractivity contribution >= 4 is 16.4 Å². The van der Waals surface area contributed by atoms with E-state index in [2.05, 4.69) is 11.0 Å². The normalized spacial score (nSPS) is 15.5. The molecule has 0 heterocycles. The summed E-state index contributed by atoms with van der Waals surface area (Å²) in [6.07, 6.45) is 0. The fourth-order valence-electron chi connectivity index (χ4n) is 0. The molecule has 2 unspecified atom stereocenters. The molecule has 0 radical (unpaired) electrons. The van der Waals surface area contributed by atoms with Gasteiger partial charge in [-0.3, -0.25) is 20.1 Å². The summed E-state index contributed by atoms with van der Waals surface area (Å²) in [5.74, 6) is 0. The third-order valence-electron chi connectivity index (χ3n) is 0. The molecular weight excluding hydrogens is 154 g/mol. The molecule has 0 aromatic heterocycles. The van der Waals surface area contributed by atoms with E-state index in [0.717, 1.165) is 0 Å². The third-order valence-corrected chi connectivity index (χ3v) is 0. The van der Waals surface area contributed by atoms with Crippen molar-refractivity contribution < 1.29 is 18.9 Å². The first-order valence-corrected chi connectivity index (χ1v) is 4.30. The van der Waals surface area contributed by atoms with Crippen molar-refractivity contribution in [2.24, 2.45) is 11.0 Å². The number of hydrogen-bond acceptors (Lipinski definition) is 2. The van der Waals surface area contributed by atoms with Crippen LogP contribution in [-0.2, 0) is 9.13 Å². The van der Waals surface area contributed by atoms with E-state index in [4.69, 9.17) is 18.9 Å². The van der Waals surface area contributed by atoms with Gasteiger partial charge in [0.1, 0.15) is 0 Å². The van der Waals surface area contributed by atoms with Gasteiger partial charge in [-0.05, 0) is 0 Å². The van der Waals surface area contributed by atoms with Crippen LogP contribution < -0.4 is 11.0 Å². The van der Waals surface area contributed by atoms with Crippen LogP contribution >= 0.6 is 16.4 Å². The van der Waals surface area contributed by atoms with Gasteiger partial charge in [-0.2, -0.15) is 0 Å². The smallest absolute Gasteiger partial charge is 0.253 e. The molecule has 0 amide bonds. The minimum atomic E-state index is -2.63. The zero-order chi connectivity index (χ0) is 7.15. The van der Waals surface area contributed by atoms with Gasteiger partial charge in [0.2, 0.25) is 0 Å². The Kier molecular flexibility index (Phi) is 10.2.